The summed E-state index contributed by atoms with van der Waals surface area (Å²) in [5.74, 6) is 1.78. The summed E-state index contributed by atoms with van der Waals surface area (Å²) < 4.78 is 11.1. The van der Waals surface area contributed by atoms with Crippen LogP contribution in [0.2, 0.25) is 0 Å². The number of rotatable bonds is 4. The molecule has 4 heteroatoms. The summed E-state index contributed by atoms with van der Waals surface area (Å²) in [7, 11) is 4.04. The molecule has 2 rings (SSSR count). The van der Waals surface area contributed by atoms with Crippen LogP contribution in [0.3, 0.4) is 0 Å². The minimum atomic E-state index is 0.164. The van der Waals surface area contributed by atoms with E-state index in [1.54, 1.807) is 0 Å². The van der Waals surface area contributed by atoms with Gasteiger partial charge in [0, 0.05) is 12.6 Å². The molecule has 0 spiro atoms. The SMILES string of the molecule is CC(CO)C(c1ccc2c(c1)OCCO2)N(C)C. The molecule has 1 aliphatic rings. The van der Waals surface area contributed by atoms with Gasteiger partial charge in [-0.15, -0.1) is 0 Å². The Morgan fingerprint density at radius 2 is 1.89 bits per heavy atom. The Morgan fingerprint density at radius 1 is 1.22 bits per heavy atom. The second kappa shape index (κ2) is 5.59. The summed E-state index contributed by atoms with van der Waals surface area (Å²) in [4.78, 5) is 2.12. The van der Waals surface area contributed by atoms with Gasteiger partial charge in [0.1, 0.15) is 13.2 Å². The van der Waals surface area contributed by atoms with Crippen LogP contribution >= 0.6 is 0 Å². The van der Waals surface area contributed by atoms with Crippen molar-refractivity contribution in [1.29, 1.82) is 0 Å². The number of benzene rings is 1. The molecule has 18 heavy (non-hydrogen) atoms. The minimum absolute atomic E-state index is 0.164. The molecule has 0 aromatic heterocycles. The van der Waals surface area contributed by atoms with E-state index in [0.29, 0.717) is 13.2 Å². The molecule has 2 unspecified atom stereocenters. The van der Waals surface area contributed by atoms with Gasteiger partial charge in [0.15, 0.2) is 11.5 Å². The Bertz CT molecular complexity index is 406. The van der Waals surface area contributed by atoms with Gasteiger partial charge in [0.25, 0.3) is 0 Å². The third-order valence-corrected chi connectivity index (χ3v) is 3.29. The third-order valence-electron chi connectivity index (χ3n) is 3.29. The molecule has 0 amide bonds. The van der Waals surface area contributed by atoms with E-state index in [2.05, 4.69) is 4.90 Å². The molecule has 1 aromatic rings. The molecule has 1 N–H and O–H groups in total. The molecule has 0 fully saturated rings. The lowest BCUT2D eigenvalue weighted by molar-refractivity contribution is 0.143. The fourth-order valence-electron chi connectivity index (χ4n) is 2.48. The summed E-state index contributed by atoms with van der Waals surface area (Å²) in [5.41, 5.74) is 1.14. The molecule has 0 radical (unpaired) electrons. The van der Waals surface area contributed by atoms with Crippen molar-refractivity contribution in [2.45, 2.75) is 13.0 Å². The van der Waals surface area contributed by atoms with Crippen molar-refractivity contribution in [3.63, 3.8) is 0 Å². The van der Waals surface area contributed by atoms with Crippen LogP contribution in [0.4, 0.5) is 0 Å². The normalized spacial score (nSPS) is 17.6. The van der Waals surface area contributed by atoms with Crippen molar-refractivity contribution >= 4 is 0 Å². The van der Waals surface area contributed by atoms with E-state index >= 15 is 0 Å². The van der Waals surface area contributed by atoms with E-state index in [1.807, 2.05) is 39.2 Å². The van der Waals surface area contributed by atoms with Crippen LogP contribution in [0.5, 0.6) is 11.5 Å². The van der Waals surface area contributed by atoms with E-state index in [0.717, 1.165) is 17.1 Å². The van der Waals surface area contributed by atoms with Gasteiger partial charge in [-0.3, -0.25) is 0 Å². The highest BCUT2D eigenvalue weighted by Gasteiger charge is 2.23. The zero-order valence-electron chi connectivity index (χ0n) is 11.2. The zero-order valence-corrected chi connectivity index (χ0v) is 11.2. The highest BCUT2D eigenvalue weighted by molar-refractivity contribution is 5.44. The maximum absolute atomic E-state index is 9.37. The van der Waals surface area contributed by atoms with E-state index in [-0.39, 0.29) is 18.6 Å². The molecule has 0 aliphatic carbocycles. The third kappa shape index (κ3) is 2.60. The molecule has 0 bridgehead atoms. The minimum Gasteiger partial charge on any atom is -0.486 e. The topological polar surface area (TPSA) is 41.9 Å². The molecule has 4 nitrogen and oxygen atoms in total. The van der Waals surface area contributed by atoms with E-state index in [4.69, 9.17) is 9.47 Å². The second-order valence-corrected chi connectivity index (χ2v) is 4.97. The average Bonchev–Trinajstić information content (AvgIpc) is 2.38. The van der Waals surface area contributed by atoms with Crippen molar-refractivity contribution < 1.29 is 14.6 Å². The monoisotopic (exact) mass is 251 g/mol. The van der Waals surface area contributed by atoms with Gasteiger partial charge in [-0.2, -0.15) is 0 Å². The number of hydrogen-bond donors (Lipinski definition) is 1. The Morgan fingerprint density at radius 3 is 2.50 bits per heavy atom. The summed E-state index contributed by atoms with van der Waals surface area (Å²) in [6.45, 7) is 3.41. The fraction of sp³-hybridized carbons (Fsp3) is 0.571. The maximum atomic E-state index is 9.37. The van der Waals surface area contributed by atoms with Crippen LogP contribution in [-0.2, 0) is 0 Å². The zero-order chi connectivity index (χ0) is 13.1. The fourth-order valence-corrected chi connectivity index (χ4v) is 2.48. The van der Waals surface area contributed by atoms with Crippen LogP contribution in [0.25, 0.3) is 0 Å². The smallest absolute Gasteiger partial charge is 0.161 e. The molecular formula is C14H21NO3. The molecular weight excluding hydrogens is 230 g/mol. The highest BCUT2D eigenvalue weighted by atomic mass is 16.6. The van der Waals surface area contributed by atoms with E-state index in [1.165, 1.54) is 0 Å². The highest BCUT2D eigenvalue weighted by Crippen LogP contribution is 2.35. The van der Waals surface area contributed by atoms with Crippen LogP contribution in [0, 0.1) is 5.92 Å². The van der Waals surface area contributed by atoms with Gasteiger partial charge >= 0.3 is 0 Å². The number of aliphatic hydroxyl groups excluding tert-OH is 1. The van der Waals surface area contributed by atoms with Crippen LogP contribution in [0.1, 0.15) is 18.5 Å². The van der Waals surface area contributed by atoms with Crippen molar-refractivity contribution in [3.05, 3.63) is 23.8 Å². The standard InChI is InChI=1S/C14H21NO3/c1-10(9-16)14(15(2)3)11-4-5-12-13(8-11)18-7-6-17-12/h4-5,8,10,14,16H,6-7,9H2,1-3H3. The summed E-state index contributed by atoms with van der Waals surface area (Å²) in [6, 6.07) is 6.19. The van der Waals surface area contributed by atoms with E-state index < -0.39 is 0 Å². The average molecular weight is 251 g/mol. The summed E-state index contributed by atoms with van der Waals surface area (Å²) >= 11 is 0. The predicted molar refractivity (Wildman–Crippen MR) is 70.1 cm³/mol. The molecule has 0 saturated carbocycles. The second-order valence-electron chi connectivity index (χ2n) is 4.97. The van der Waals surface area contributed by atoms with Gasteiger partial charge in [0.2, 0.25) is 0 Å². The van der Waals surface area contributed by atoms with Gasteiger partial charge in [-0.1, -0.05) is 13.0 Å². The number of hydrogen-bond acceptors (Lipinski definition) is 4. The van der Waals surface area contributed by atoms with Gasteiger partial charge < -0.3 is 19.5 Å². The lowest BCUT2D eigenvalue weighted by atomic mass is 9.94. The summed E-state index contributed by atoms with van der Waals surface area (Å²) in [6.07, 6.45) is 0. The molecule has 1 aromatic carbocycles. The lowest BCUT2D eigenvalue weighted by Crippen LogP contribution is -2.28. The molecule has 0 saturated heterocycles. The Kier molecular flexibility index (Phi) is 4.09. The van der Waals surface area contributed by atoms with Gasteiger partial charge in [0.05, 0.1) is 0 Å². The molecule has 1 heterocycles. The van der Waals surface area contributed by atoms with Crippen molar-refractivity contribution in [1.82, 2.24) is 4.90 Å². The molecule has 1 aliphatic heterocycles. The van der Waals surface area contributed by atoms with Crippen molar-refractivity contribution in [3.8, 4) is 11.5 Å². The first-order valence-electron chi connectivity index (χ1n) is 6.30. The number of fused-ring (bicyclic) bond motifs is 1. The molecule has 2 atom stereocenters. The quantitative estimate of drug-likeness (QED) is 0.884. The largest absolute Gasteiger partial charge is 0.486 e. The number of nitrogens with zero attached hydrogens (tertiary/aromatic N) is 1. The lowest BCUT2D eigenvalue weighted by Gasteiger charge is -2.30. The maximum Gasteiger partial charge on any atom is 0.161 e. The first-order valence-corrected chi connectivity index (χ1v) is 6.30. The number of ether oxygens (including phenoxy) is 2. The van der Waals surface area contributed by atoms with Gasteiger partial charge in [-0.25, -0.2) is 0 Å². The Labute approximate surface area is 108 Å². The van der Waals surface area contributed by atoms with Crippen LogP contribution in [-0.4, -0.2) is 43.9 Å². The summed E-state index contributed by atoms with van der Waals surface area (Å²) in [5, 5.41) is 9.37. The first-order chi connectivity index (χ1) is 8.63. The van der Waals surface area contributed by atoms with Crippen LogP contribution < -0.4 is 9.47 Å². The number of aliphatic hydroxyl groups is 1. The first kappa shape index (κ1) is 13.2. The molecule has 100 valence electrons. The Hall–Kier alpha value is -1.26. The van der Waals surface area contributed by atoms with Crippen molar-refractivity contribution in [2.24, 2.45) is 5.92 Å². The van der Waals surface area contributed by atoms with E-state index in [9.17, 15) is 5.11 Å². The van der Waals surface area contributed by atoms with Crippen molar-refractivity contribution in [2.75, 3.05) is 33.9 Å². The van der Waals surface area contributed by atoms with Gasteiger partial charge in [-0.05, 0) is 37.7 Å². The Balaban J connectivity index is 2.30. The predicted octanol–water partition coefficient (Wildman–Crippen LogP) is 1.69. The van der Waals surface area contributed by atoms with Crippen LogP contribution in [0.15, 0.2) is 18.2 Å².